The quantitative estimate of drug-likeness (QED) is 0.723. The number of benzene rings is 1. The van der Waals surface area contributed by atoms with Crippen LogP contribution in [0.3, 0.4) is 0 Å². The molecule has 2 rings (SSSR count). The molecule has 0 amide bonds. The fourth-order valence-corrected chi connectivity index (χ4v) is 1.94. The molecule has 7 nitrogen and oxygen atoms in total. The van der Waals surface area contributed by atoms with Gasteiger partial charge in [-0.05, 0) is 19.9 Å². The molecular weight excluding hydrogens is 282 g/mol. The first-order valence-corrected chi connectivity index (χ1v) is 7.85. The number of aromatic amines is 1. The van der Waals surface area contributed by atoms with Crippen molar-refractivity contribution in [3.8, 4) is 0 Å². The van der Waals surface area contributed by atoms with E-state index in [9.17, 15) is 13.2 Å². The molecule has 1 heterocycles. The monoisotopic (exact) mass is 299 g/mol. The van der Waals surface area contributed by atoms with E-state index in [0.29, 0.717) is 22.5 Å². The summed E-state index contributed by atoms with van der Waals surface area (Å²) in [4.78, 5) is 13.6. The summed E-state index contributed by atoms with van der Waals surface area (Å²) < 4.78 is 27.2. The Morgan fingerprint density at radius 1 is 1.40 bits per heavy atom. The van der Waals surface area contributed by atoms with Gasteiger partial charge in [0.2, 0.25) is 0 Å². The summed E-state index contributed by atoms with van der Waals surface area (Å²) in [5.41, 5.74) is 7.64. The van der Waals surface area contributed by atoms with E-state index in [-0.39, 0.29) is 6.54 Å². The summed E-state index contributed by atoms with van der Waals surface area (Å²) in [5.74, 6) is -0.562. The lowest BCUT2D eigenvalue weighted by molar-refractivity contribution is 0.555. The van der Waals surface area contributed by atoms with Crippen molar-refractivity contribution in [1.29, 1.82) is 0 Å². The molecule has 2 aromatic rings. The lowest BCUT2D eigenvalue weighted by Crippen LogP contribution is -2.38. The maximum atomic E-state index is 11.6. The smallest absolute Gasteiger partial charge is 0.408 e. The number of H-pyrrole nitrogens is 1. The first-order chi connectivity index (χ1) is 9.10. The van der Waals surface area contributed by atoms with Crippen LogP contribution in [0.1, 0.15) is 13.8 Å². The zero-order valence-corrected chi connectivity index (χ0v) is 12.3. The minimum atomic E-state index is -3.20. The van der Waals surface area contributed by atoms with E-state index in [1.165, 1.54) is 12.3 Å². The fraction of sp³-hybridized carbons (Fsp3) is 0.417. The van der Waals surface area contributed by atoms with Crippen molar-refractivity contribution in [2.24, 2.45) is 0 Å². The molecule has 0 unspecified atom stereocenters. The molecule has 4 N–H and O–H groups in total. The highest BCUT2D eigenvalue weighted by atomic mass is 32.2. The highest BCUT2D eigenvalue weighted by Crippen LogP contribution is 2.25. The van der Waals surface area contributed by atoms with Crippen molar-refractivity contribution in [3.05, 3.63) is 22.7 Å². The van der Waals surface area contributed by atoms with Crippen LogP contribution in [0.5, 0.6) is 0 Å². The van der Waals surface area contributed by atoms with Gasteiger partial charge in [-0.3, -0.25) is 4.98 Å². The lowest BCUT2D eigenvalue weighted by atomic mass is 10.2. The Balaban J connectivity index is 2.30. The summed E-state index contributed by atoms with van der Waals surface area (Å²) in [7, 11) is -3.20. The number of nitrogen functional groups attached to an aromatic ring is 1. The van der Waals surface area contributed by atoms with Gasteiger partial charge in [0, 0.05) is 18.9 Å². The van der Waals surface area contributed by atoms with E-state index in [1.807, 2.05) is 0 Å². The summed E-state index contributed by atoms with van der Waals surface area (Å²) >= 11 is 0. The molecule has 110 valence electrons. The van der Waals surface area contributed by atoms with Gasteiger partial charge in [0.15, 0.2) is 15.4 Å². The van der Waals surface area contributed by atoms with Crippen molar-refractivity contribution in [1.82, 2.24) is 4.98 Å². The number of rotatable bonds is 4. The van der Waals surface area contributed by atoms with Crippen LogP contribution in [-0.4, -0.2) is 30.9 Å². The van der Waals surface area contributed by atoms with Crippen LogP contribution < -0.4 is 16.8 Å². The summed E-state index contributed by atoms with van der Waals surface area (Å²) in [6.45, 7) is 3.46. The maximum Gasteiger partial charge on any atom is 0.417 e. The van der Waals surface area contributed by atoms with Gasteiger partial charge < -0.3 is 15.5 Å². The molecule has 20 heavy (non-hydrogen) atoms. The second kappa shape index (κ2) is 4.55. The Morgan fingerprint density at radius 2 is 2.05 bits per heavy atom. The van der Waals surface area contributed by atoms with Gasteiger partial charge in [0.1, 0.15) is 0 Å². The molecular formula is C12H17N3O4S. The normalized spacial score (nSPS) is 12.8. The Hall–Kier alpha value is -1.96. The van der Waals surface area contributed by atoms with Crippen LogP contribution in [0.4, 0.5) is 11.4 Å². The summed E-state index contributed by atoms with van der Waals surface area (Å²) in [5, 5.41) is 2.99. The summed E-state index contributed by atoms with van der Waals surface area (Å²) in [6.07, 6.45) is 1.19. The molecule has 0 aliphatic carbocycles. The third-order valence-corrected chi connectivity index (χ3v) is 5.45. The molecule has 0 saturated heterocycles. The minimum Gasteiger partial charge on any atom is -0.408 e. The van der Waals surface area contributed by atoms with E-state index < -0.39 is 20.3 Å². The van der Waals surface area contributed by atoms with E-state index >= 15 is 0 Å². The maximum absolute atomic E-state index is 11.6. The van der Waals surface area contributed by atoms with Crippen LogP contribution >= 0.6 is 0 Å². The van der Waals surface area contributed by atoms with Crippen LogP contribution in [0.2, 0.25) is 0 Å². The molecule has 0 fully saturated rings. The Morgan fingerprint density at radius 3 is 2.65 bits per heavy atom. The number of anilines is 2. The molecule has 0 atom stereocenters. The van der Waals surface area contributed by atoms with Crippen LogP contribution in [0.25, 0.3) is 11.1 Å². The predicted octanol–water partition coefficient (Wildman–Crippen LogP) is 0.938. The molecule has 1 aromatic heterocycles. The lowest BCUT2D eigenvalue weighted by Gasteiger charge is -2.23. The van der Waals surface area contributed by atoms with Crippen molar-refractivity contribution >= 4 is 32.3 Å². The number of nitrogens with one attached hydrogen (secondary N) is 2. The largest absolute Gasteiger partial charge is 0.417 e. The van der Waals surface area contributed by atoms with Crippen LogP contribution in [-0.2, 0) is 9.84 Å². The highest BCUT2D eigenvalue weighted by molar-refractivity contribution is 7.92. The first-order valence-electron chi connectivity index (χ1n) is 5.96. The van der Waals surface area contributed by atoms with Gasteiger partial charge in [-0.15, -0.1) is 0 Å². The van der Waals surface area contributed by atoms with E-state index in [2.05, 4.69) is 10.3 Å². The third kappa shape index (κ3) is 2.64. The third-order valence-electron chi connectivity index (χ3n) is 3.30. The highest BCUT2D eigenvalue weighted by Gasteiger charge is 2.30. The molecule has 0 radical (unpaired) electrons. The number of nitrogens with two attached hydrogens (primary N) is 1. The van der Waals surface area contributed by atoms with Gasteiger partial charge in [0.25, 0.3) is 0 Å². The molecule has 0 saturated carbocycles. The fourth-order valence-electron chi connectivity index (χ4n) is 1.61. The van der Waals surface area contributed by atoms with Gasteiger partial charge in [-0.25, -0.2) is 13.2 Å². The number of fused-ring (bicyclic) bond motifs is 1. The van der Waals surface area contributed by atoms with Crippen molar-refractivity contribution in [3.63, 3.8) is 0 Å². The van der Waals surface area contributed by atoms with E-state index in [4.69, 9.17) is 10.2 Å². The first kappa shape index (κ1) is 14.4. The topological polar surface area (TPSA) is 118 Å². The standard InChI is InChI=1S/C12H17N3O4S/c1-12(2,20(3,17)18)6-14-8-5-9-10(4-7(8)13)19-11(16)15-9/h4-5,14H,6,13H2,1-3H3,(H,15,16). The van der Waals surface area contributed by atoms with Crippen molar-refractivity contribution < 1.29 is 12.8 Å². The minimum absolute atomic E-state index is 0.198. The number of oxazole rings is 1. The van der Waals surface area contributed by atoms with Gasteiger partial charge in [0.05, 0.1) is 21.6 Å². The van der Waals surface area contributed by atoms with Gasteiger partial charge >= 0.3 is 5.76 Å². The van der Waals surface area contributed by atoms with Gasteiger partial charge in [-0.2, -0.15) is 0 Å². The average Bonchev–Trinajstić information content (AvgIpc) is 2.63. The zero-order chi connectivity index (χ0) is 15.1. The number of sulfone groups is 1. The number of aromatic nitrogens is 1. The number of hydrogen-bond acceptors (Lipinski definition) is 6. The van der Waals surface area contributed by atoms with Gasteiger partial charge in [-0.1, -0.05) is 0 Å². The molecule has 0 aliphatic rings. The van der Waals surface area contributed by atoms with E-state index in [0.717, 1.165) is 0 Å². The van der Waals surface area contributed by atoms with Crippen LogP contribution in [0, 0.1) is 0 Å². The second-order valence-electron chi connectivity index (χ2n) is 5.34. The second-order valence-corrected chi connectivity index (χ2v) is 7.99. The Bertz CT molecular complexity index is 802. The molecule has 0 bridgehead atoms. The molecule has 0 spiro atoms. The Kier molecular flexibility index (Phi) is 3.29. The van der Waals surface area contributed by atoms with E-state index in [1.54, 1.807) is 19.9 Å². The van der Waals surface area contributed by atoms with Crippen molar-refractivity contribution in [2.75, 3.05) is 23.9 Å². The molecule has 8 heteroatoms. The molecule has 0 aliphatic heterocycles. The Labute approximate surface area is 116 Å². The summed E-state index contributed by atoms with van der Waals surface area (Å²) in [6, 6.07) is 3.14. The zero-order valence-electron chi connectivity index (χ0n) is 11.5. The molecule has 1 aromatic carbocycles. The number of hydrogen-bond donors (Lipinski definition) is 3. The average molecular weight is 299 g/mol. The van der Waals surface area contributed by atoms with Crippen LogP contribution in [0.15, 0.2) is 21.3 Å². The predicted molar refractivity (Wildman–Crippen MR) is 78.7 cm³/mol. The SMILES string of the molecule is CC(C)(CNc1cc2[nH]c(=O)oc2cc1N)S(C)(=O)=O. The van der Waals surface area contributed by atoms with Crippen molar-refractivity contribution in [2.45, 2.75) is 18.6 Å².